The second-order valence-corrected chi connectivity index (χ2v) is 5.48. The molecule has 0 aliphatic heterocycles. The number of amides is 3. The smallest absolute Gasteiger partial charge is 0.319 e. The molecule has 22 heavy (non-hydrogen) atoms. The molecule has 3 amide bonds. The van der Waals surface area contributed by atoms with Crippen molar-refractivity contribution in [2.24, 2.45) is 11.7 Å². The molecule has 0 bridgehead atoms. The number of hydrogen-bond donors (Lipinski definition) is 4. The highest BCUT2D eigenvalue weighted by Gasteiger charge is 2.28. The van der Waals surface area contributed by atoms with Crippen molar-refractivity contribution in [3.63, 3.8) is 0 Å². The Kier molecular flexibility index (Phi) is 7.14. The monoisotopic (exact) mass is 326 g/mol. The summed E-state index contributed by atoms with van der Waals surface area (Å²) in [4.78, 5) is 23.2. The molecule has 1 aliphatic carbocycles. The van der Waals surface area contributed by atoms with Crippen LogP contribution in [0.2, 0.25) is 0 Å². The van der Waals surface area contributed by atoms with Gasteiger partial charge in [-0.05, 0) is 43.4 Å². The molecule has 1 aliphatic rings. The fourth-order valence-corrected chi connectivity index (χ4v) is 2.04. The topological polar surface area (TPSA) is 96.2 Å². The number of anilines is 1. The van der Waals surface area contributed by atoms with Crippen molar-refractivity contribution in [1.82, 2.24) is 10.6 Å². The molecule has 1 aromatic rings. The molecule has 0 saturated heterocycles. The number of aryl methyl sites for hydroxylation is 1. The lowest BCUT2D eigenvalue weighted by Crippen LogP contribution is -2.43. The van der Waals surface area contributed by atoms with Crippen LogP contribution in [0.1, 0.15) is 18.4 Å². The van der Waals surface area contributed by atoms with Crippen LogP contribution >= 0.6 is 12.4 Å². The summed E-state index contributed by atoms with van der Waals surface area (Å²) in [7, 11) is 0. The highest BCUT2D eigenvalue weighted by atomic mass is 35.5. The van der Waals surface area contributed by atoms with Crippen LogP contribution in [-0.2, 0) is 4.79 Å². The normalized spacial score (nSPS) is 14.5. The van der Waals surface area contributed by atoms with Crippen molar-refractivity contribution >= 4 is 30.0 Å². The molecule has 1 aromatic carbocycles. The maximum atomic E-state index is 11.7. The summed E-state index contributed by atoms with van der Waals surface area (Å²) in [6.07, 6.45) is 2.29. The molecule has 1 unspecified atom stereocenters. The number of carbonyl (C=O) groups excluding carboxylic acids is 2. The van der Waals surface area contributed by atoms with Gasteiger partial charge in [0.1, 0.15) is 0 Å². The Labute approximate surface area is 136 Å². The van der Waals surface area contributed by atoms with E-state index in [-0.39, 0.29) is 30.9 Å². The van der Waals surface area contributed by atoms with Gasteiger partial charge in [-0.1, -0.05) is 12.1 Å². The molecule has 122 valence electrons. The predicted octanol–water partition coefficient (Wildman–Crippen LogP) is 1.39. The summed E-state index contributed by atoms with van der Waals surface area (Å²) in [6.45, 7) is 2.35. The zero-order valence-electron chi connectivity index (χ0n) is 12.6. The highest BCUT2D eigenvalue weighted by Crippen LogP contribution is 2.31. The summed E-state index contributed by atoms with van der Waals surface area (Å²) in [5.74, 6) is 0.313. The number of rotatable bonds is 6. The Morgan fingerprint density at radius 1 is 1.32 bits per heavy atom. The summed E-state index contributed by atoms with van der Waals surface area (Å²) in [5.41, 5.74) is 7.64. The van der Waals surface area contributed by atoms with Crippen molar-refractivity contribution < 1.29 is 9.59 Å². The second kappa shape index (κ2) is 8.60. The van der Waals surface area contributed by atoms with Crippen molar-refractivity contribution in [2.75, 3.05) is 18.4 Å². The van der Waals surface area contributed by atoms with Gasteiger partial charge in [-0.15, -0.1) is 12.4 Å². The molecule has 7 heteroatoms. The first-order valence-corrected chi connectivity index (χ1v) is 7.18. The lowest BCUT2D eigenvalue weighted by atomic mass is 10.2. The zero-order valence-corrected chi connectivity index (χ0v) is 13.4. The van der Waals surface area contributed by atoms with E-state index in [0.717, 1.165) is 18.4 Å². The minimum absolute atomic E-state index is 0. The third kappa shape index (κ3) is 6.32. The second-order valence-electron chi connectivity index (χ2n) is 5.48. The van der Waals surface area contributed by atoms with Crippen LogP contribution in [0.25, 0.3) is 0 Å². The lowest BCUT2D eigenvalue weighted by molar-refractivity contribution is -0.120. The molecule has 2 rings (SSSR count). The van der Waals surface area contributed by atoms with E-state index in [4.69, 9.17) is 5.73 Å². The molecule has 5 N–H and O–H groups in total. The summed E-state index contributed by atoms with van der Waals surface area (Å²) >= 11 is 0. The first-order valence-electron chi connectivity index (χ1n) is 7.18. The molecule has 0 heterocycles. The molecular weight excluding hydrogens is 304 g/mol. The van der Waals surface area contributed by atoms with Crippen LogP contribution < -0.4 is 21.7 Å². The average Bonchev–Trinajstić information content (AvgIpc) is 3.27. The Hall–Kier alpha value is -1.79. The maximum absolute atomic E-state index is 11.7. The lowest BCUT2D eigenvalue weighted by Gasteiger charge is -2.12. The fourth-order valence-electron chi connectivity index (χ4n) is 2.04. The maximum Gasteiger partial charge on any atom is 0.319 e. The van der Waals surface area contributed by atoms with E-state index >= 15 is 0 Å². The molecule has 1 fully saturated rings. The van der Waals surface area contributed by atoms with Crippen molar-refractivity contribution in [3.05, 3.63) is 29.8 Å². The Morgan fingerprint density at radius 3 is 2.68 bits per heavy atom. The highest BCUT2D eigenvalue weighted by molar-refractivity contribution is 5.92. The number of nitrogens with two attached hydrogens (primary N) is 1. The number of hydrogen-bond acceptors (Lipinski definition) is 3. The summed E-state index contributed by atoms with van der Waals surface area (Å²) in [6, 6.07) is 7.07. The van der Waals surface area contributed by atoms with Gasteiger partial charge >= 0.3 is 6.03 Å². The number of benzene rings is 1. The Morgan fingerprint density at radius 2 is 2.05 bits per heavy atom. The summed E-state index contributed by atoms with van der Waals surface area (Å²) < 4.78 is 0. The van der Waals surface area contributed by atoms with Gasteiger partial charge in [0.25, 0.3) is 0 Å². The van der Waals surface area contributed by atoms with Crippen molar-refractivity contribution in [3.8, 4) is 0 Å². The number of carbonyl (C=O) groups is 2. The van der Waals surface area contributed by atoms with Gasteiger partial charge in [0.05, 0.1) is 6.54 Å². The van der Waals surface area contributed by atoms with E-state index in [0.29, 0.717) is 18.2 Å². The van der Waals surface area contributed by atoms with Crippen LogP contribution in [-0.4, -0.2) is 31.1 Å². The van der Waals surface area contributed by atoms with Crippen LogP contribution in [0.5, 0.6) is 0 Å². The van der Waals surface area contributed by atoms with Crippen molar-refractivity contribution in [2.45, 2.75) is 25.8 Å². The quantitative estimate of drug-likeness (QED) is 0.636. The van der Waals surface area contributed by atoms with Gasteiger partial charge < -0.3 is 21.7 Å². The standard InChI is InChI=1S/C15H22N4O2.ClH/c1-10-3-2-4-12(7-10)19-15(21)18-9-14(20)17-8-13(16)11-5-6-11;/h2-4,7,11,13H,5-6,8-9,16H2,1H3,(H,17,20)(H2,18,19,21);1H. The average molecular weight is 327 g/mol. The van der Waals surface area contributed by atoms with E-state index in [1.54, 1.807) is 6.07 Å². The van der Waals surface area contributed by atoms with Gasteiger partial charge in [0.15, 0.2) is 0 Å². The third-order valence-electron chi connectivity index (χ3n) is 3.45. The van der Waals surface area contributed by atoms with Gasteiger partial charge in [-0.2, -0.15) is 0 Å². The third-order valence-corrected chi connectivity index (χ3v) is 3.45. The predicted molar refractivity (Wildman–Crippen MR) is 89.2 cm³/mol. The van der Waals surface area contributed by atoms with Crippen molar-refractivity contribution in [1.29, 1.82) is 0 Å². The van der Waals surface area contributed by atoms with Crippen LogP contribution in [0.15, 0.2) is 24.3 Å². The van der Waals surface area contributed by atoms with Crippen LogP contribution in [0.4, 0.5) is 10.5 Å². The van der Waals surface area contributed by atoms with E-state index < -0.39 is 6.03 Å². The molecule has 0 spiro atoms. The van der Waals surface area contributed by atoms with E-state index in [2.05, 4.69) is 16.0 Å². The first-order chi connectivity index (χ1) is 10.0. The van der Waals surface area contributed by atoms with E-state index in [1.807, 2.05) is 25.1 Å². The molecular formula is C15H23ClN4O2. The number of halogens is 1. The van der Waals surface area contributed by atoms with Gasteiger partial charge in [-0.3, -0.25) is 4.79 Å². The van der Waals surface area contributed by atoms with Crippen LogP contribution in [0.3, 0.4) is 0 Å². The molecule has 0 radical (unpaired) electrons. The van der Waals surface area contributed by atoms with Crippen LogP contribution in [0, 0.1) is 12.8 Å². The molecule has 1 atom stereocenters. The molecule has 0 aromatic heterocycles. The molecule has 6 nitrogen and oxygen atoms in total. The number of urea groups is 1. The van der Waals surface area contributed by atoms with E-state index in [1.165, 1.54) is 0 Å². The van der Waals surface area contributed by atoms with Gasteiger partial charge in [0.2, 0.25) is 5.91 Å². The largest absolute Gasteiger partial charge is 0.353 e. The summed E-state index contributed by atoms with van der Waals surface area (Å²) in [5, 5.41) is 7.92. The minimum atomic E-state index is -0.401. The Bertz CT molecular complexity index is 520. The molecule has 1 saturated carbocycles. The Balaban J connectivity index is 0.00000242. The van der Waals surface area contributed by atoms with E-state index in [9.17, 15) is 9.59 Å². The zero-order chi connectivity index (χ0) is 15.2. The SMILES string of the molecule is Cc1cccc(NC(=O)NCC(=O)NCC(N)C2CC2)c1.Cl. The first kappa shape index (κ1) is 18.3. The number of nitrogens with one attached hydrogen (secondary N) is 3. The van der Waals surface area contributed by atoms with Gasteiger partial charge in [0, 0.05) is 18.3 Å². The minimum Gasteiger partial charge on any atom is -0.353 e. The fraction of sp³-hybridized carbons (Fsp3) is 0.467. The van der Waals surface area contributed by atoms with Gasteiger partial charge in [-0.25, -0.2) is 4.79 Å².